The molecule has 4 aromatic carbocycles. The van der Waals surface area contributed by atoms with Crippen LogP contribution in [0.3, 0.4) is 0 Å². The maximum absolute atomic E-state index is 2.42. The molecule has 2 nitrogen and oxygen atoms in total. The van der Waals surface area contributed by atoms with Crippen molar-refractivity contribution in [2.24, 2.45) is 0 Å². The van der Waals surface area contributed by atoms with E-state index in [1.165, 1.54) is 56.0 Å². The summed E-state index contributed by atoms with van der Waals surface area (Å²) >= 11 is 0. The predicted molar refractivity (Wildman–Crippen MR) is 162 cm³/mol. The van der Waals surface area contributed by atoms with E-state index in [0.717, 1.165) is 0 Å². The maximum atomic E-state index is 2.42. The highest BCUT2D eigenvalue weighted by atomic mass is 15.1. The van der Waals surface area contributed by atoms with Crippen molar-refractivity contribution in [1.82, 2.24) is 9.13 Å². The van der Waals surface area contributed by atoms with Crippen molar-refractivity contribution >= 4 is 11.0 Å². The molecule has 0 radical (unpaired) electrons. The van der Waals surface area contributed by atoms with Gasteiger partial charge >= 0.3 is 0 Å². The van der Waals surface area contributed by atoms with Crippen LogP contribution in [0.2, 0.25) is 0 Å². The number of fused-ring (bicyclic) bond motifs is 1. The molecular formula is C36H34N2. The van der Waals surface area contributed by atoms with E-state index in [9.17, 15) is 0 Å². The summed E-state index contributed by atoms with van der Waals surface area (Å²) < 4.78 is 4.83. The van der Waals surface area contributed by atoms with Gasteiger partial charge in [-0.15, -0.1) is 0 Å². The number of nitrogens with zero attached hydrogens (tertiary/aromatic N) is 2. The first kappa shape index (κ1) is 24.1. The molecule has 38 heavy (non-hydrogen) atoms. The molecule has 0 spiro atoms. The van der Waals surface area contributed by atoms with Gasteiger partial charge in [0, 0.05) is 11.4 Å². The van der Waals surface area contributed by atoms with Crippen LogP contribution in [-0.4, -0.2) is 9.13 Å². The first-order valence-electron chi connectivity index (χ1n) is 13.6. The van der Waals surface area contributed by atoms with E-state index in [1.54, 1.807) is 0 Å². The smallest absolute Gasteiger partial charge is 0.0724 e. The van der Waals surface area contributed by atoms with Crippen LogP contribution in [0.15, 0.2) is 121 Å². The third kappa shape index (κ3) is 4.26. The molecule has 0 N–H and O–H groups in total. The Morgan fingerprint density at radius 2 is 0.763 bits per heavy atom. The van der Waals surface area contributed by atoms with Crippen molar-refractivity contribution in [2.45, 2.75) is 39.5 Å². The molecule has 0 bridgehead atoms. The van der Waals surface area contributed by atoms with Crippen LogP contribution in [0.5, 0.6) is 0 Å². The normalized spacial score (nSPS) is 11.6. The third-order valence-electron chi connectivity index (χ3n) is 7.55. The van der Waals surface area contributed by atoms with Gasteiger partial charge in [0.15, 0.2) is 0 Å². The van der Waals surface area contributed by atoms with Crippen molar-refractivity contribution in [3.63, 3.8) is 0 Å². The largest absolute Gasteiger partial charge is 0.308 e. The number of benzene rings is 4. The molecule has 0 saturated heterocycles. The first-order valence-corrected chi connectivity index (χ1v) is 13.6. The second-order valence-corrected chi connectivity index (χ2v) is 10.7. The molecule has 0 unspecified atom stereocenters. The van der Waals surface area contributed by atoms with Gasteiger partial charge in [0.25, 0.3) is 0 Å². The highest BCUT2D eigenvalue weighted by Crippen LogP contribution is 2.38. The Hall–Kier alpha value is -4.30. The minimum atomic E-state index is 0.502. The molecule has 0 saturated carbocycles. The van der Waals surface area contributed by atoms with Crippen molar-refractivity contribution < 1.29 is 0 Å². The molecule has 0 amide bonds. The lowest BCUT2D eigenvalue weighted by Gasteiger charge is -2.13. The molecule has 2 heterocycles. The van der Waals surface area contributed by atoms with Gasteiger partial charge < -0.3 is 9.13 Å². The van der Waals surface area contributed by atoms with Gasteiger partial charge in [-0.2, -0.15) is 0 Å². The SMILES string of the molecule is CC(C)c1ccc(-n2c(-c3ccccc3)cc3c2cc(-c2ccccc2)n3-c2ccc(C(C)C)cc2)cc1. The Labute approximate surface area is 225 Å². The lowest BCUT2D eigenvalue weighted by atomic mass is 10.0. The Bertz CT molecular complexity index is 1540. The molecule has 2 aromatic heterocycles. The van der Waals surface area contributed by atoms with E-state index in [0.29, 0.717) is 11.8 Å². The predicted octanol–water partition coefficient (Wildman–Crippen LogP) is 10.0. The van der Waals surface area contributed by atoms with E-state index < -0.39 is 0 Å². The molecule has 0 atom stereocenters. The Balaban J connectivity index is 1.65. The molecule has 188 valence electrons. The average molecular weight is 495 g/mol. The van der Waals surface area contributed by atoms with Gasteiger partial charge in [0.2, 0.25) is 0 Å². The van der Waals surface area contributed by atoms with Gasteiger partial charge in [0.1, 0.15) is 0 Å². The topological polar surface area (TPSA) is 9.86 Å². The molecule has 6 aromatic rings. The Morgan fingerprint density at radius 3 is 1.08 bits per heavy atom. The molecule has 0 aliphatic heterocycles. The fourth-order valence-corrected chi connectivity index (χ4v) is 5.37. The number of aromatic nitrogens is 2. The Morgan fingerprint density at radius 1 is 0.421 bits per heavy atom. The third-order valence-corrected chi connectivity index (χ3v) is 7.55. The van der Waals surface area contributed by atoms with Gasteiger partial charge in [0.05, 0.1) is 22.4 Å². The molecule has 0 aliphatic rings. The summed E-state index contributed by atoms with van der Waals surface area (Å²) in [4.78, 5) is 0. The van der Waals surface area contributed by atoms with Crippen molar-refractivity contribution in [2.75, 3.05) is 0 Å². The second kappa shape index (κ2) is 9.87. The summed E-state index contributed by atoms with van der Waals surface area (Å²) in [6.45, 7) is 8.98. The zero-order valence-corrected chi connectivity index (χ0v) is 22.6. The van der Waals surface area contributed by atoms with E-state index in [4.69, 9.17) is 0 Å². The molecule has 6 rings (SSSR count). The lowest BCUT2D eigenvalue weighted by molar-refractivity contribution is 0.865. The van der Waals surface area contributed by atoms with E-state index in [-0.39, 0.29) is 0 Å². The minimum Gasteiger partial charge on any atom is -0.308 e. The summed E-state index contributed by atoms with van der Waals surface area (Å²) in [6.07, 6.45) is 0. The zero-order valence-electron chi connectivity index (χ0n) is 22.6. The van der Waals surface area contributed by atoms with Crippen LogP contribution in [-0.2, 0) is 0 Å². The van der Waals surface area contributed by atoms with Crippen LogP contribution in [0.4, 0.5) is 0 Å². The fourth-order valence-electron chi connectivity index (χ4n) is 5.37. The molecular weight excluding hydrogens is 460 g/mol. The summed E-state index contributed by atoms with van der Waals surface area (Å²) in [5, 5.41) is 0. The van der Waals surface area contributed by atoms with Crippen molar-refractivity contribution in [1.29, 1.82) is 0 Å². The molecule has 0 aliphatic carbocycles. The van der Waals surface area contributed by atoms with Gasteiger partial charge in [-0.1, -0.05) is 113 Å². The van der Waals surface area contributed by atoms with Crippen LogP contribution in [0.25, 0.3) is 44.9 Å². The Kier molecular flexibility index (Phi) is 6.25. The molecule has 2 heteroatoms. The fraction of sp³-hybridized carbons (Fsp3) is 0.167. The summed E-state index contributed by atoms with van der Waals surface area (Å²) in [5.41, 5.74) is 12.3. The van der Waals surface area contributed by atoms with Gasteiger partial charge in [-0.3, -0.25) is 0 Å². The zero-order chi connectivity index (χ0) is 26.2. The van der Waals surface area contributed by atoms with Crippen LogP contribution >= 0.6 is 0 Å². The van der Waals surface area contributed by atoms with Crippen LogP contribution in [0.1, 0.15) is 50.7 Å². The highest BCUT2D eigenvalue weighted by molar-refractivity contribution is 5.93. The monoisotopic (exact) mass is 494 g/mol. The first-order chi connectivity index (χ1) is 18.5. The number of hydrogen-bond donors (Lipinski definition) is 0. The lowest BCUT2D eigenvalue weighted by Crippen LogP contribution is -1.98. The summed E-state index contributed by atoms with van der Waals surface area (Å²) in [5.74, 6) is 1.00. The average Bonchev–Trinajstić information content (AvgIpc) is 3.50. The van der Waals surface area contributed by atoms with Crippen LogP contribution in [0, 0.1) is 0 Å². The van der Waals surface area contributed by atoms with Crippen LogP contribution < -0.4 is 0 Å². The van der Waals surface area contributed by atoms with Crippen molar-refractivity contribution in [3.05, 3.63) is 132 Å². The van der Waals surface area contributed by atoms with Gasteiger partial charge in [-0.05, 0) is 70.5 Å². The van der Waals surface area contributed by atoms with E-state index in [2.05, 4.69) is 158 Å². The van der Waals surface area contributed by atoms with E-state index in [1.807, 2.05) is 0 Å². The summed E-state index contributed by atoms with van der Waals surface area (Å²) in [6, 6.07) is 44.2. The quantitative estimate of drug-likeness (QED) is 0.218. The minimum absolute atomic E-state index is 0.502. The standard InChI is InChI=1S/C36H34N2/c1-25(2)27-15-19-31(20-16-27)37-33(29-11-7-5-8-12-29)23-36-35(37)24-34(30-13-9-6-10-14-30)38(36)32-21-17-28(18-22-32)26(3)4/h5-26H,1-4H3. The van der Waals surface area contributed by atoms with Gasteiger partial charge in [-0.25, -0.2) is 0 Å². The maximum Gasteiger partial charge on any atom is 0.0724 e. The second-order valence-electron chi connectivity index (χ2n) is 10.7. The number of rotatable bonds is 6. The van der Waals surface area contributed by atoms with Crippen molar-refractivity contribution in [3.8, 4) is 33.9 Å². The summed E-state index contributed by atoms with van der Waals surface area (Å²) in [7, 11) is 0. The highest BCUT2D eigenvalue weighted by Gasteiger charge is 2.20. The molecule has 0 fully saturated rings. The number of hydrogen-bond acceptors (Lipinski definition) is 0. The van der Waals surface area contributed by atoms with E-state index >= 15 is 0 Å².